The third-order valence-electron chi connectivity index (χ3n) is 12.9. The summed E-state index contributed by atoms with van der Waals surface area (Å²) in [5.74, 6) is 0. The van der Waals surface area contributed by atoms with Crippen LogP contribution in [0.1, 0.15) is 0 Å². The Morgan fingerprint density at radius 2 is 0.631 bits per heavy atom. The average molecular weight is 831 g/mol. The molecule has 0 spiro atoms. The van der Waals surface area contributed by atoms with Crippen molar-refractivity contribution in [2.24, 2.45) is 0 Å². The fraction of sp³-hybridized carbons (Fsp3) is 0. The average Bonchev–Trinajstić information content (AvgIpc) is 4.04. The van der Waals surface area contributed by atoms with Gasteiger partial charge < -0.3 is 13.6 Å². The second kappa shape index (κ2) is 15.6. The predicted molar refractivity (Wildman–Crippen MR) is 275 cm³/mol. The lowest BCUT2D eigenvalue weighted by molar-refractivity contribution is 0.669. The van der Waals surface area contributed by atoms with Gasteiger partial charge in [-0.2, -0.15) is 0 Å². The molecule has 3 heteroatoms. The van der Waals surface area contributed by atoms with Crippen LogP contribution in [0.4, 0.5) is 0 Å². The van der Waals surface area contributed by atoms with Crippen molar-refractivity contribution in [3.63, 3.8) is 0 Å². The number of hydrogen-bond donors (Lipinski definition) is 0. The standard InChI is InChI=1S/C60H38N2O.C2H4/c1-2-13-39(14-3-1)40-15-10-16-41(33-40)42-17-11-18-43(34-42)44-19-12-20-45(35-44)46-27-30-57-52(36-46)49-21-4-7-24-55(49)61(57)47-28-31-58-53(37-47)50-22-5-8-25-56(50)62(58)48-29-32-60-54(38-48)51-23-6-9-26-59(51)63-60;1-2/h1-38H;1-2H2. The highest BCUT2D eigenvalue weighted by molar-refractivity contribution is 6.13. The Morgan fingerprint density at radius 1 is 0.246 bits per heavy atom. The highest BCUT2D eigenvalue weighted by Crippen LogP contribution is 2.40. The van der Waals surface area contributed by atoms with E-state index >= 15 is 0 Å². The molecular formula is C62H42N2O. The van der Waals surface area contributed by atoms with Crippen LogP contribution < -0.4 is 0 Å². The quantitative estimate of drug-likeness (QED) is 0.153. The van der Waals surface area contributed by atoms with Crippen LogP contribution in [0.5, 0.6) is 0 Å². The lowest BCUT2D eigenvalue weighted by Crippen LogP contribution is -1.95. The summed E-state index contributed by atoms with van der Waals surface area (Å²) in [5, 5.41) is 7.16. The molecule has 0 saturated heterocycles. The topological polar surface area (TPSA) is 23.0 Å². The van der Waals surface area contributed by atoms with E-state index in [0.717, 1.165) is 33.3 Å². The summed E-state index contributed by atoms with van der Waals surface area (Å²) in [6.07, 6.45) is 0. The van der Waals surface area contributed by atoms with Gasteiger partial charge in [0.2, 0.25) is 0 Å². The minimum Gasteiger partial charge on any atom is -0.456 e. The van der Waals surface area contributed by atoms with Gasteiger partial charge in [0, 0.05) is 43.7 Å². The lowest BCUT2D eigenvalue weighted by Gasteiger charge is -2.11. The van der Waals surface area contributed by atoms with Crippen molar-refractivity contribution in [2.75, 3.05) is 0 Å². The molecule has 65 heavy (non-hydrogen) atoms. The number of hydrogen-bond acceptors (Lipinski definition) is 1. The molecule has 0 aliphatic carbocycles. The molecule has 3 nitrogen and oxygen atoms in total. The van der Waals surface area contributed by atoms with E-state index < -0.39 is 0 Å². The minimum absolute atomic E-state index is 0.900. The van der Waals surface area contributed by atoms with Crippen molar-refractivity contribution in [3.8, 4) is 55.9 Å². The lowest BCUT2D eigenvalue weighted by atomic mass is 9.94. The summed E-state index contributed by atoms with van der Waals surface area (Å²) in [6.45, 7) is 6.00. The zero-order chi connectivity index (χ0) is 43.4. The van der Waals surface area contributed by atoms with Crippen molar-refractivity contribution in [2.45, 2.75) is 0 Å². The maximum Gasteiger partial charge on any atom is 0.135 e. The van der Waals surface area contributed by atoms with E-state index in [1.807, 2.05) is 12.1 Å². The van der Waals surface area contributed by atoms with Gasteiger partial charge in [0.05, 0.1) is 22.1 Å². The van der Waals surface area contributed by atoms with Gasteiger partial charge in [0.15, 0.2) is 0 Å². The predicted octanol–water partition coefficient (Wildman–Crippen LogP) is 17.3. The number of aromatic nitrogens is 2. The van der Waals surface area contributed by atoms with Gasteiger partial charge in [0.25, 0.3) is 0 Å². The van der Waals surface area contributed by atoms with Gasteiger partial charge in [-0.1, -0.05) is 146 Å². The van der Waals surface area contributed by atoms with Crippen molar-refractivity contribution in [3.05, 3.63) is 244 Å². The second-order valence-electron chi connectivity index (χ2n) is 16.5. The van der Waals surface area contributed by atoms with E-state index in [0.29, 0.717) is 0 Å². The van der Waals surface area contributed by atoms with E-state index in [-0.39, 0.29) is 0 Å². The molecule has 3 aromatic heterocycles. The smallest absolute Gasteiger partial charge is 0.135 e. The normalized spacial score (nSPS) is 11.5. The molecule has 0 bridgehead atoms. The highest BCUT2D eigenvalue weighted by Gasteiger charge is 2.18. The molecule has 13 aromatic rings. The Labute approximate surface area is 377 Å². The maximum atomic E-state index is 6.20. The summed E-state index contributed by atoms with van der Waals surface area (Å²) in [6, 6.07) is 83.6. The number of fused-ring (bicyclic) bond motifs is 9. The van der Waals surface area contributed by atoms with E-state index in [9.17, 15) is 0 Å². The van der Waals surface area contributed by atoms with Gasteiger partial charge in [0.1, 0.15) is 11.2 Å². The first kappa shape index (κ1) is 38.0. The summed E-state index contributed by atoms with van der Waals surface area (Å²) in [5.41, 5.74) is 18.4. The first-order valence-corrected chi connectivity index (χ1v) is 22.1. The molecule has 0 aliphatic rings. The van der Waals surface area contributed by atoms with E-state index in [1.165, 1.54) is 88.1 Å². The third-order valence-corrected chi connectivity index (χ3v) is 12.9. The first-order chi connectivity index (χ1) is 32.2. The van der Waals surface area contributed by atoms with Crippen molar-refractivity contribution in [1.82, 2.24) is 9.13 Å². The Balaban J connectivity index is 0.00000219. The Hall–Kier alpha value is -8.66. The van der Waals surface area contributed by atoms with Crippen LogP contribution in [-0.2, 0) is 0 Å². The minimum atomic E-state index is 0.900. The molecule has 0 radical (unpaired) electrons. The molecule has 10 aromatic carbocycles. The van der Waals surface area contributed by atoms with Crippen LogP contribution >= 0.6 is 0 Å². The van der Waals surface area contributed by atoms with Crippen LogP contribution in [0, 0.1) is 0 Å². The monoisotopic (exact) mass is 830 g/mol. The summed E-state index contributed by atoms with van der Waals surface area (Å²) < 4.78 is 11.0. The number of rotatable bonds is 6. The number of benzene rings is 10. The highest BCUT2D eigenvalue weighted by atomic mass is 16.3. The zero-order valence-corrected chi connectivity index (χ0v) is 35.7. The Kier molecular flexibility index (Phi) is 9.13. The fourth-order valence-corrected chi connectivity index (χ4v) is 9.93. The van der Waals surface area contributed by atoms with Gasteiger partial charge in [-0.15, -0.1) is 13.2 Å². The summed E-state index contributed by atoms with van der Waals surface area (Å²) in [4.78, 5) is 0. The molecule has 0 amide bonds. The molecule has 13 rings (SSSR count). The maximum absolute atomic E-state index is 6.20. The van der Waals surface area contributed by atoms with Crippen LogP contribution in [0.3, 0.4) is 0 Å². The Morgan fingerprint density at radius 3 is 1.22 bits per heavy atom. The summed E-state index contributed by atoms with van der Waals surface area (Å²) >= 11 is 0. The van der Waals surface area contributed by atoms with E-state index in [1.54, 1.807) is 0 Å². The molecule has 3 heterocycles. The van der Waals surface area contributed by atoms with Crippen LogP contribution in [-0.4, -0.2) is 9.13 Å². The number of para-hydroxylation sites is 3. The van der Waals surface area contributed by atoms with Crippen molar-refractivity contribution >= 4 is 65.6 Å². The number of furan rings is 1. The van der Waals surface area contributed by atoms with E-state index in [2.05, 4.69) is 241 Å². The molecule has 0 unspecified atom stereocenters. The zero-order valence-electron chi connectivity index (χ0n) is 35.7. The second-order valence-corrected chi connectivity index (χ2v) is 16.5. The summed E-state index contributed by atoms with van der Waals surface area (Å²) in [7, 11) is 0. The molecule has 0 saturated carbocycles. The first-order valence-electron chi connectivity index (χ1n) is 22.1. The van der Waals surface area contributed by atoms with Gasteiger partial charge in [-0.3, -0.25) is 0 Å². The van der Waals surface area contributed by atoms with Crippen molar-refractivity contribution < 1.29 is 4.42 Å². The molecular weight excluding hydrogens is 789 g/mol. The molecule has 0 aliphatic heterocycles. The SMILES string of the molecule is C=C.c1ccc(-c2cccc(-c3cccc(-c4cccc(-c5ccc6c(c5)c5ccccc5n6-c5ccc6c(c5)c5ccccc5n6-c5ccc6oc7ccccc7c6c5)c4)c3)c2)cc1. The van der Waals surface area contributed by atoms with Crippen LogP contribution in [0.2, 0.25) is 0 Å². The van der Waals surface area contributed by atoms with Gasteiger partial charge in [-0.25, -0.2) is 0 Å². The number of nitrogens with zero attached hydrogens (tertiary/aromatic N) is 2. The third kappa shape index (κ3) is 6.36. The largest absolute Gasteiger partial charge is 0.456 e. The van der Waals surface area contributed by atoms with E-state index in [4.69, 9.17) is 4.42 Å². The van der Waals surface area contributed by atoms with Crippen LogP contribution in [0.25, 0.3) is 121 Å². The molecule has 306 valence electrons. The van der Waals surface area contributed by atoms with Crippen LogP contribution in [0.15, 0.2) is 248 Å². The van der Waals surface area contributed by atoms with Gasteiger partial charge >= 0.3 is 0 Å². The molecule has 0 atom stereocenters. The Bertz CT molecular complexity index is 3940. The fourth-order valence-electron chi connectivity index (χ4n) is 9.93. The van der Waals surface area contributed by atoms with Crippen molar-refractivity contribution in [1.29, 1.82) is 0 Å². The molecule has 0 N–H and O–H groups in total. The van der Waals surface area contributed by atoms with Gasteiger partial charge in [-0.05, 0) is 129 Å². The molecule has 0 fully saturated rings.